The van der Waals surface area contributed by atoms with Crippen molar-refractivity contribution in [3.63, 3.8) is 0 Å². The van der Waals surface area contributed by atoms with E-state index in [1.54, 1.807) is 6.92 Å². The van der Waals surface area contributed by atoms with E-state index in [1.807, 2.05) is 12.2 Å². The highest BCUT2D eigenvalue weighted by Crippen LogP contribution is 2.60. The molecule has 5 nitrogen and oxygen atoms in total. The first-order valence-corrected chi connectivity index (χ1v) is 12.9. The monoisotopic (exact) mass is 558 g/mol. The molecule has 0 spiro atoms. The number of alkyl halides is 6. The second-order valence-corrected chi connectivity index (χ2v) is 11.6. The molecule has 3 aliphatic carbocycles. The van der Waals surface area contributed by atoms with Crippen LogP contribution in [0.25, 0.3) is 0 Å². The lowest BCUT2D eigenvalue weighted by Gasteiger charge is -2.45. The number of rotatable bonds is 6. The highest BCUT2D eigenvalue weighted by atomic mass is 19.4. The predicted octanol–water partition coefficient (Wildman–Crippen LogP) is 4.94. The molecule has 6 N–H and O–H groups in total. The minimum Gasteiger partial charge on any atom is -0.412 e. The van der Waals surface area contributed by atoms with Crippen LogP contribution in [0.4, 0.5) is 26.3 Å². The SMILES string of the molecule is C=C1/C(=C\C=C2/CCC[C@]3(C)[C@@H]([C@H](C)C[C@H](O)CC(O)(C(F)(F)F)C(F)(F)F)CC[C@@H]23)C[C@H](O)C[C@H]1O.O. The van der Waals surface area contributed by atoms with E-state index >= 15 is 0 Å². The third-order valence-corrected chi connectivity index (χ3v) is 9.10. The Labute approximate surface area is 219 Å². The molecule has 220 valence electrons. The molecule has 11 heteroatoms. The van der Waals surface area contributed by atoms with Crippen LogP contribution in [0.2, 0.25) is 0 Å². The molecule has 0 saturated heterocycles. The smallest absolute Gasteiger partial charge is 0.412 e. The lowest BCUT2D eigenvalue weighted by atomic mass is 9.60. The van der Waals surface area contributed by atoms with Gasteiger partial charge in [-0.3, -0.25) is 0 Å². The third-order valence-electron chi connectivity index (χ3n) is 9.10. The molecule has 3 aliphatic rings. The normalized spacial score (nSPS) is 34.7. The van der Waals surface area contributed by atoms with Gasteiger partial charge in [-0.15, -0.1) is 0 Å². The topological polar surface area (TPSA) is 112 Å². The Bertz CT molecular complexity index is 897. The van der Waals surface area contributed by atoms with E-state index in [1.165, 1.54) is 5.57 Å². The Morgan fingerprint density at radius 2 is 1.68 bits per heavy atom. The summed E-state index contributed by atoms with van der Waals surface area (Å²) in [6, 6.07) is 0. The van der Waals surface area contributed by atoms with Gasteiger partial charge in [0.25, 0.3) is 5.60 Å². The summed E-state index contributed by atoms with van der Waals surface area (Å²) >= 11 is 0. The van der Waals surface area contributed by atoms with E-state index in [0.29, 0.717) is 12.0 Å². The average Bonchev–Trinajstić information content (AvgIpc) is 3.11. The van der Waals surface area contributed by atoms with E-state index in [-0.39, 0.29) is 41.5 Å². The molecule has 3 saturated carbocycles. The highest BCUT2D eigenvalue weighted by molar-refractivity contribution is 5.38. The Hall–Kier alpha value is -1.40. The summed E-state index contributed by atoms with van der Waals surface area (Å²) in [5, 5.41) is 39.8. The molecule has 0 amide bonds. The standard InChI is InChI=1S/C27H38F6O4.H2O/c1-15(11-20(35)14-25(37,26(28,29)30)27(31,32)33)21-8-9-22-17(5-4-10-24(21,22)3)6-7-18-12-19(34)13-23(36)16(18)2;/h6-7,15,19-23,34-37H,2,4-5,8-14H2,1,3H3;1H2/b17-6+,18-7-;/t15-,19+,20+,21-,22+,23-,24-;/m1./s1. The fraction of sp³-hybridized carbons (Fsp3) is 0.778. The summed E-state index contributed by atoms with van der Waals surface area (Å²) in [7, 11) is 0. The van der Waals surface area contributed by atoms with Gasteiger partial charge in [0.2, 0.25) is 0 Å². The number of aliphatic hydroxyl groups is 4. The second kappa shape index (κ2) is 11.6. The first-order chi connectivity index (χ1) is 16.9. The summed E-state index contributed by atoms with van der Waals surface area (Å²) in [6.45, 7) is 7.78. The lowest BCUT2D eigenvalue weighted by Crippen LogP contribution is -2.58. The maximum Gasteiger partial charge on any atom is 0.426 e. The van der Waals surface area contributed by atoms with Crippen LogP contribution < -0.4 is 0 Å². The summed E-state index contributed by atoms with van der Waals surface area (Å²) < 4.78 is 78.4. The Morgan fingerprint density at radius 3 is 2.26 bits per heavy atom. The van der Waals surface area contributed by atoms with E-state index < -0.39 is 42.7 Å². The first kappa shape index (κ1) is 32.8. The zero-order valence-corrected chi connectivity index (χ0v) is 21.7. The van der Waals surface area contributed by atoms with Crippen LogP contribution in [-0.2, 0) is 0 Å². The molecule has 38 heavy (non-hydrogen) atoms. The van der Waals surface area contributed by atoms with E-state index in [4.69, 9.17) is 0 Å². The Morgan fingerprint density at radius 1 is 1.08 bits per heavy atom. The van der Waals surface area contributed by atoms with Crippen LogP contribution in [0.1, 0.15) is 71.6 Å². The number of halogens is 6. The summed E-state index contributed by atoms with van der Waals surface area (Å²) in [5.74, 6) is -0.185. The van der Waals surface area contributed by atoms with Gasteiger partial charge in [0.05, 0.1) is 18.3 Å². The molecule has 3 rings (SSSR count). The van der Waals surface area contributed by atoms with Gasteiger partial charge in [0.1, 0.15) is 0 Å². The molecule has 0 aromatic rings. The molecular formula is C27H40F6O5. The number of aliphatic hydroxyl groups excluding tert-OH is 3. The number of allylic oxidation sites excluding steroid dienone is 3. The number of fused-ring (bicyclic) bond motifs is 1. The molecule has 0 unspecified atom stereocenters. The maximum absolute atomic E-state index is 13.1. The van der Waals surface area contributed by atoms with Crippen molar-refractivity contribution >= 4 is 0 Å². The molecule has 0 aromatic heterocycles. The summed E-state index contributed by atoms with van der Waals surface area (Å²) in [5.41, 5.74) is -2.61. The predicted molar refractivity (Wildman–Crippen MR) is 130 cm³/mol. The van der Waals surface area contributed by atoms with E-state index in [9.17, 15) is 46.8 Å². The van der Waals surface area contributed by atoms with Gasteiger partial charge in [0, 0.05) is 12.8 Å². The summed E-state index contributed by atoms with van der Waals surface area (Å²) in [4.78, 5) is 0. The molecule has 0 radical (unpaired) electrons. The van der Waals surface area contributed by atoms with Crippen molar-refractivity contribution in [2.75, 3.05) is 0 Å². The van der Waals surface area contributed by atoms with E-state index in [0.717, 1.165) is 37.7 Å². The van der Waals surface area contributed by atoms with Crippen molar-refractivity contribution in [3.8, 4) is 0 Å². The largest absolute Gasteiger partial charge is 0.426 e. The number of hydrogen-bond donors (Lipinski definition) is 4. The molecule has 0 aromatic carbocycles. The average molecular weight is 559 g/mol. The van der Waals surface area contributed by atoms with Crippen molar-refractivity contribution in [2.24, 2.45) is 23.2 Å². The van der Waals surface area contributed by atoms with Gasteiger partial charge in [-0.2, -0.15) is 26.3 Å². The van der Waals surface area contributed by atoms with Crippen molar-refractivity contribution in [3.05, 3.63) is 35.5 Å². The fourth-order valence-corrected chi connectivity index (χ4v) is 7.09. The van der Waals surface area contributed by atoms with Gasteiger partial charge in [-0.1, -0.05) is 38.2 Å². The quantitative estimate of drug-likeness (QED) is 0.346. The minimum absolute atomic E-state index is 0. The van der Waals surface area contributed by atoms with Crippen LogP contribution in [0.5, 0.6) is 0 Å². The maximum atomic E-state index is 13.1. The van der Waals surface area contributed by atoms with Crippen molar-refractivity contribution < 1.29 is 52.2 Å². The zero-order chi connectivity index (χ0) is 28.0. The van der Waals surface area contributed by atoms with Crippen LogP contribution >= 0.6 is 0 Å². The van der Waals surface area contributed by atoms with Gasteiger partial charge < -0.3 is 25.9 Å². The minimum atomic E-state index is -5.95. The van der Waals surface area contributed by atoms with Crippen molar-refractivity contribution in [2.45, 2.75) is 108 Å². The fourth-order valence-electron chi connectivity index (χ4n) is 7.09. The second-order valence-electron chi connectivity index (χ2n) is 11.6. The molecule has 7 atom stereocenters. The molecule has 0 bridgehead atoms. The molecular weight excluding hydrogens is 518 g/mol. The van der Waals surface area contributed by atoms with E-state index in [2.05, 4.69) is 13.5 Å². The van der Waals surface area contributed by atoms with Crippen LogP contribution in [-0.4, -0.2) is 62.2 Å². The molecule has 3 fully saturated rings. The lowest BCUT2D eigenvalue weighted by molar-refractivity contribution is -0.374. The molecule has 0 aliphatic heterocycles. The van der Waals surface area contributed by atoms with Crippen LogP contribution in [0.15, 0.2) is 35.5 Å². The first-order valence-electron chi connectivity index (χ1n) is 12.9. The van der Waals surface area contributed by atoms with Crippen molar-refractivity contribution in [1.82, 2.24) is 0 Å². The highest BCUT2D eigenvalue weighted by Gasteiger charge is 2.70. The van der Waals surface area contributed by atoms with Gasteiger partial charge in [0.15, 0.2) is 0 Å². The van der Waals surface area contributed by atoms with Crippen molar-refractivity contribution in [1.29, 1.82) is 0 Å². The van der Waals surface area contributed by atoms with Gasteiger partial charge in [-0.25, -0.2) is 0 Å². The summed E-state index contributed by atoms with van der Waals surface area (Å²) in [6.07, 6.45) is -8.72. The van der Waals surface area contributed by atoms with Crippen LogP contribution in [0, 0.1) is 23.2 Å². The van der Waals surface area contributed by atoms with Crippen LogP contribution in [0.3, 0.4) is 0 Å². The number of hydrogen-bond acceptors (Lipinski definition) is 4. The molecule has 0 heterocycles. The third kappa shape index (κ3) is 6.32. The Balaban J connectivity index is 0.00000507. The Kier molecular flexibility index (Phi) is 10.0. The van der Waals surface area contributed by atoms with Gasteiger partial charge in [-0.05, 0) is 79.3 Å². The van der Waals surface area contributed by atoms with Gasteiger partial charge >= 0.3 is 12.4 Å². The zero-order valence-electron chi connectivity index (χ0n) is 21.7.